The molecule has 0 aromatic heterocycles. The zero-order valence-corrected chi connectivity index (χ0v) is 13.0. The van der Waals surface area contributed by atoms with Crippen molar-refractivity contribution in [2.45, 2.75) is 0 Å². The Morgan fingerprint density at radius 2 is 2.00 bits per heavy atom. The predicted octanol–water partition coefficient (Wildman–Crippen LogP) is 0.802. The van der Waals surface area contributed by atoms with Gasteiger partial charge in [0.25, 0.3) is 0 Å². The first-order valence-electron chi connectivity index (χ1n) is 6.98. The standard InChI is InChI=1S/C15H25N3O3/c1-18(10-11-20-2)9-8-16-12-15(19)17-13-6-4-5-7-14(13)21-3/h4-7,16H,8-12H2,1-3H3,(H,17,19). The molecule has 0 aliphatic carbocycles. The SMILES string of the molecule is COCCN(C)CCNCC(=O)Nc1ccccc1OC. The molecule has 0 aliphatic rings. The van der Waals surface area contributed by atoms with Crippen LogP contribution in [0.25, 0.3) is 0 Å². The molecule has 0 radical (unpaired) electrons. The average Bonchev–Trinajstić information content (AvgIpc) is 2.50. The number of para-hydroxylation sites is 2. The zero-order valence-electron chi connectivity index (χ0n) is 13.0. The molecule has 1 rings (SSSR count). The Morgan fingerprint density at radius 3 is 2.71 bits per heavy atom. The van der Waals surface area contributed by atoms with E-state index in [1.54, 1.807) is 14.2 Å². The number of methoxy groups -OCH3 is 2. The van der Waals surface area contributed by atoms with Crippen molar-refractivity contribution in [3.8, 4) is 5.75 Å². The van der Waals surface area contributed by atoms with Crippen molar-refractivity contribution < 1.29 is 14.3 Å². The summed E-state index contributed by atoms with van der Waals surface area (Å²) in [6, 6.07) is 7.35. The first-order valence-corrected chi connectivity index (χ1v) is 6.98. The van der Waals surface area contributed by atoms with E-state index in [9.17, 15) is 4.79 Å². The maximum atomic E-state index is 11.8. The van der Waals surface area contributed by atoms with Crippen LogP contribution in [0.1, 0.15) is 0 Å². The first-order chi connectivity index (χ1) is 10.2. The highest BCUT2D eigenvalue weighted by Gasteiger charge is 2.06. The van der Waals surface area contributed by atoms with Crippen molar-refractivity contribution in [3.63, 3.8) is 0 Å². The number of hydrogen-bond donors (Lipinski definition) is 2. The van der Waals surface area contributed by atoms with Gasteiger partial charge in [-0.25, -0.2) is 0 Å². The van der Waals surface area contributed by atoms with E-state index in [-0.39, 0.29) is 12.5 Å². The van der Waals surface area contributed by atoms with Gasteiger partial charge in [-0.1, -0.05) is 12.1 Å². The molecule has 1 amide bonds. The van der Waals surface area contributed by atoms with Gasteiger partial charge in [-0.3, -0.25) is 4.79 Å². The predicted molar refractivity (Wildman–Crippen MR) is 83.9 cm³/mol. The van der Waals surface area contributed by atoms with Crippen LogP contribution >= 0.6 is 0 Å². The topological polar surface area (TPSA) is 62.8 Å². The van der Waals surface area contributed by atoms with Gasteiger partial charge in [-0.15, -0.1) is 0 Å². The Morgan fingerprint density at radius 1 is 1.24 bits per heavy atom. The van der Waals surface area contributed by atoms with Crippen molar-refractivity contribution in [2.75, 3.05) is 59.4 Å². The van der Waals surface area contributed by atoms with Crippen LogP contribution in [0.5, 0.6) is 5.75 Å². The lowest BCUT2D eigenvalue weighted by Crippen LogP contribution is -2.35. The van der Waals surface area contributed by atoms with Crippen LogP contribution < -0.4 is 15.4 Å². The minimum absolute atomic E-state index is 0.0842. The third-order valence-electron chi connectivity index (χ3n) is 3.01. The molecule has 21 heavy (non-hydrogen) atoms. The smallest absolute Gasteiger partial charge is 0.238 e. The van der Waals surface area contributed by atoms with Gasteiger partial charge >= 0.3 is 0 Å². The number of ether oxygens (including phenoxy) is 2. The molecule has 0 heterocycles. The lowest BCUT2D eigenvalue weighted by atomic mass is 10.3. The van der Waals surface area contributed by atoms with E-state index in [4.69, 9.17) is 9.47 Å². The molecule has 0 fully saturated rings. The van der Waals surface area contributed by atoms with Crippen LogP contribution in [0.4, 0.5) is 5.69 Å². The van der Waals surface area contributed by atoms with Crippen molar-refractivity contribution in [3.05, 3.63) is 24.3 Å². The lowest BCUT2D eigenvalue weighted by Gasteiger charge is -2.16. The van der Waals surface area contributed by atoms with Gasteiger partial charge in [0, 0.05) is 26.7 Å². The molecule has 1 aromatic rings. The number of anilines is 1. The summed E-state index contributed by atoms with van der Waals surface area (Å²) in [5, 5.41) is 5.94. The third-order valence-corrected chi connectivity index (χ3v) is 3.01. The fourth-order valence-corrected chi connectivity index (χ4v) is 1.77. The van der Waals surface area contributed by atoms with E-state index in [1.165, 1.54) is 0 Å². The third kappa shape index (κ3) is 7.08. The number of carbonyl (C=O) groups excluding carboxylic acids is 1. The second-order valence-corrected chi connectivity index (χ2v) is 4.72. The Labute approximate surface area is 126 Å². The molecular formula is C15H25N3O3. The number of rotatable bonds is 10. The molecule has 2 N–H and O–H groups in total. The Balaban J connectivity index is 2.22. The number of hydrogen-bond acceptors (Lipinski definition) is 5. The number of nitrogens with one attached hydrogen (secondary N) is 2. The van der Waals surface area contributed by atoms with Gasteiger partial charge < -0.3 is 25.0 Å². The van der Waals surface area contributed by atoms with Crippen molar-refractivity contribution in [1.82, 2.24) is 10.2 Å². The fourth-order valence-electron chi connectivity index (χ4n) is 1.77. The summed E-state index contributed by atoms with van der Waals surface area (Å²) in [5.41, 5.74) is 0.684. The maximum absolute atomic E-state index is 11.8. The minimum Gasteiger partial charge on any atom is -0.495 e. The van der Waals surface area contributed by atoms with Crippen LogP contribution in [-0.2, 0) is 9.53 Å². The van der Waals surface area contributed by atoms with Crippen LogP contribution in [0.15, 0.2) is 24.3 Å². The molecular weight excluding hydrogens is 270 g/mol. The highest BCUT2D eigenvalue weighted by atomic mass is 16.5. The number of amides is 1. The molecule has 0 saturated heterocycles. The molecule has 0 aliphatic heterocycles. The highest BCUT2D eigenvalue weighted by molar-refractivity contribution is 5.93. The molecule has 6 heteroatoms. The van der Waals surface area contributed by atoms with Crippen molar-refractivity contribution in [2.24, 2.45) is 0 Å². The van der Waals surface area contributed by atoms with E-state index in [1.807, 2.05) is 31.3 Å². The van der Waals surface area contributed by atoms with Crippen LogP contribution in [-0.4, -0.2) is 64.9 Å². The van der Waals surface area contributed by atoms with Crippen LogP contribution in [0, 0.1) is 0 Å². The summed E-state index contributed by atoms with van der Waals surface area (Å²) >= 11 is 0. The Hall–Kier alpha value is -1.63. The molecule has 0 atom stereocenters. The van der Waals surface area contributed by atoms with Crippen LogP contribution in [0.3, 0.4) is 0 Å². The van der Waals surface area contributed by atoms with E-state index in [0.717, 1.165) is 19.6 Å². The van der Waals surface area contributed by atoms with Crippen molar-refractivity contribution >= 4 is 11.6 Å². The normalized spacial score (nSPS) is 10.7. The summed E-state index contributed by atoms with van der Waals surface area (Å²) < 4.78 is 10.2. The fraction of sp³-hybridized carbons (Fsp3) is 0.533. The summed E-state index contributed by atoms with van der Waals surface area (Å²) in [5.74, 6) is 0.573. The van der Waals surface area contributed by atoms with Gasteiger partial charge in [0.1, 0.15) is 5.75 Å². The number of likely N-dealkylation sites (N-methyl/N-ethyl adjacent to an activating group) is 1. The monoisotopic (exact) mass is 295 g/mol. The summed E-state index contributed by atoms with van der Waals surface area (Å²) in [6.07, 6.45) is 0. The molecule has 0 bridgehead atoms. The van der Waals surface area contributed by atoms with Crippen LogP contribution in [0.2, 0.25) is 0 Å². The quantitative estimate of drug-likeness (QED) is 0.625. The zero-order chi connectivity index (χ0) is 15.5. The number of carbonyl (C=O) groups is 1. The number of benzene rings is 1. The van der Waals surface area contributed by atoms with E-state index >= 15 is 0 Å². The maximum Gasteiger partial charge on any atom is 0.238 e. The Bertz CT molecular complexity index is 426. The highest BCUT2D eigenvalue weighted by Crippen LogP contribution is 2.22. The second-order valence-electron chi connectivity index (χ2n) is 4.72. The molecule has 0 spiro atoms. The second kappa shape index (κ2) is 10.1. The minimum atomic E-state index is -0.0842. The van der Waals surface area contributed by atoms with E-state index < -0.39 is 0 Å². The van der Waals surface area contributed by atoms with E-state index in [0.29, 0.717) is 18.0 Å². The molecule has 6 nitrogen and oxygen atoms in total. The van der Waals surface area contributed by atoms with Gasteiger partial charge in [0.2, 0.25) is 5.91 Å². The van der Waals surface area contributed by atoms with E-state index in [2.05, 4.69) is 15.5 Å². The lowest BCUT2D eigenvalue weighted by molar-refractivity contribution is -0.115. The molecule has 1 aromatic carbocycles. The van der Waals surface area contributed by atoms with Gasteiger partial charge in [-0.2, -0.15) is 0 Å². The average molecular weight is 295 g/mol. The summed E-state index contributed by atoms with van der Waals surface area (Å²) in [4.78, 5) is 14.0. The summed E-state index contributed by atoms with van der Waals surface area (Å²) in [7, 11) is 5.29. The first kappa shape index (κ1) is 17.4. The van der Waals surface area contributed by atoms with Crippen molar-refractivity contribution in [1.29, 1.82) is 0 Å². The largest absolute Gasteiger partial charge is 0.495 e. The molecule has 0 saturated carbocycles. The van der Waals surface area contributed by atoms with Gasteiger partial charge in [-0.05, 0) is 19.2 Å². The number of nitrogens with zero attached hydrogens (tertiary/aromatic N) is 1. The Kier molecular flexibility index (Phi) is 8.42. The summed E-state index contributed by atoms with van der Waals surface area (Å²) in [6.45, 7) is 3.48. The van der Waals surface area contributed by atoms with Gasteiger partial charge in [0.05, 0.1) is 25.9 Å². The molecule has 0 unspecified atom stereocenters. The van der Waals surface area contributed by atoms with Gasteiger partial charge in [0.15, 0.2) is 0 Å². The molecule has 118 valence electrons.